The molecule has 0 heterocycles. The number of alkyl halides is 3. The zero-order chi connectivity index (χ0) is 15.2. The van der Waals surface area contributed by atoms with Crippen molar-refractivity contribution in [3.8, 4) is 6.07 Å². The fourth-order valence-electron chi connectivity index (χ4n) is 1.56. The molecule has 0 aliphatic rings. The fraction of sp³-hybridized carbons (Fsp3) is 0.385. The molecular formula is C13H12F3NO2S. The number of rotatable bonds is 5. The van der Waals surface area contributed by atoms with Gasteiger partial charge in [0.15, 0.2) is 0 Å². The number of carbonyl (C=O) groups excluding carboxylic acids is 1. The van der Waals surface area contributed by atoms with Gasteiger partial charge in [-0.2, -0.15) is 18.4 Å². The maximum atomic E-state index is 12.3. The molecule has 0 aromatic heterocycles. The highest BCUT2D eigenvalue weighted by Gasteiger charge is 2.29. The SMILES string of the molecule is CCOC(=O)c1cc(SC(F)(F)F)ccc1CCC#N. The minimum absolute atomic E-state index is 0.0800. The predicted octanol–water partition coefficient (Wildman–Crippen LogP) is 3.93. The smallest absolute Gasteiger partial charge is 0.446 e. The van der Waals surface area contributed by atoms with Crippen LogP contribution in [0.2, 0.25) is 0 Å². The quantitative estimate of drug-likeness (QED) is 0.611. The van der Waals surface area contributed by atoms with E-state index in [4.69, 9.17) is 10.00 Å². The lowest BCUT2D eigenvalue weighted by Crippen LogP contribution is -2.09. The van der Waals surface area contributed by atoms with Crippen LogP contribution in [0, 0.1) is 11.3 Å². The number of aryl methyl sites for hydroxylation is 1. The molecule has 1 aromatic carbocycles. The van der Waals surface area contributed by atoms with Crippen LogP contribution in [0.15, 0.2) is 23.1 Å². The van der Waals surface area contributed by atoms with Gasteiger partial charge in [0, 0.05) is 11.3 Å². The highest BCUT2D eigenvalue weighted by molar-refractivity contribution is 8.00. The van der Waals surface area contributed by atoms with Crippen molar-refractivity contribution in [2.24, 2.45) is 0 Å². The summed E-state index contributed by atoms with van der Waals surface area (Å²) in [5.74, 6) is -0.676. The molecule has 0 unspecified atom stereocenters. The van der Waals surface area contributed by atoms with Crippen LogP contribution >= 0.6 is 11.8 Å². The second-order valence-corrected chi connectivity index (χ2v) is 4.88. The van der Waals surface area contributed by atoms with Crippen LogP contribution in [0.5, 0.6) is 0 Å². The first kappa shape index (κ1) is 16.4. The average molecular weight is 303 g/mol. The standard InChI is InChI=1S/C13H12F3NO2S/c1-2-19-12(18)11-8-10(20-13(14,15)16)6-5-9(11)4-3-7-17/h5-6,8H,2-4H2,1H3. The van der Waals surface area contributed by atoms with Crippen LogP contribution in [0.3, 0.4) is 0 Å². The van der Waals surface area contributed by atoms with E-state index < -0.39 is 11.5 Å². The molecule has 7 heteroatoms. The molecule has 0 atom stereocenters. The number of nitriles is 1. The Morgan fingerprint density at radius 1 is 1.45 bits per heavy atom. The molecule has 1 rings (SSSR count). The zero-order valence-electron chi connectivity index (χ0n) is 10.7. The molecule has 0 spiro atoms. The van der Waals surface area contributed by atoms with Crippen LogP contribution in [0.25, 0.3) is 0 Å². The Hall–Kier alpha value is -1.68. The molecule has 0 radical (unpaired) electrons. The molecule has 108 valence electrons. The van der Waals surface area contributed by atoms with E-state index in [9.17, 15) is 18.0 Å². The molecular weight excluding hydrogens is 291 g/mol. The number of esters is 1. The summed E-state index contributed by atoms with van der Waals surface area (Å²) in [6.45, 7) is 1.74. The van der Waals surface area contributed by atoms with Gasteiger partial charge in [-0.3, -0.25) is 0 Å². The fourth-order valence-corrected chi connectivity index (χ4v) is 2.14. The van der Waals surface area contributed by atoms with E-state index in [-0.39, 0.29) is 35.2 Å². The highest BCUT2D eigenvalue weighted by Crippen LogP contribution is 2.37. The van der Waals surface area contributed by atoms with Crippen LogP contribution in [-0.2, 0) is 11.2 Å². The van der Waals surface area contributed by atoms with Gasteiger partial charge in [0.25, 0.3) is 0 Å². The lowest BCUT2D eigenvalue weighted by molar-refractivity contribution is -0.0328. The number of benzene rings is 1. The van der Waals surface area contributed by atoms with Gasteiger partial charge < -0.3 is 4.74 Å². The normalized spacial score (nSPS) is 10.9. The van der Waals surface area contributed by atoms with E-state index >= 15 is 0 Å². The first-order valence-corrected chi connectivity index (χ1v) is 6.61. The third-order valence-electron chi connectivity index (χ3n) is 2.32. The van der Waals surface area contributed by atoms with Gasteiger partial charge in [-0.1, -0.05) is 6.07 Å². The monoisotopic (exact) mass is 303 g/mol. The summed E-state index contributed by atoms with van der Waals surface area (Å²) >= 11 is -0.290. The zero-order valence-corrected chi connectivity index (χ0v) is 11.5. The summed E-state index contributed by atoms with van der Waals surface area (Å²) < 4.78 is 41.8. The van der Waals surface area contributed by atoms with E-state index in [2.05, 4.69) is 0 Å². The molecule has 0 saturated heterocycles. The van der Waals surface area contributed by atoms with Crippen molar-refractivity contribution < 1.29 is 22.7 Å². The number of nitrogens with zero attached hydrogens (tertiary/aromatic N) is 1. The van der Waals surface area contributed by atoms with E-state index in [1.54, 1.807) is 6.92 Å². The van der Waals surface area contributed by atoms with Crippen LogP contribution in [0.1, 0.15) is 29.3 Å². The van der Waals surface area contributed by atoms with Gasteiger partial charge in [-0.25, -0.2) is 4.79 Å². The first-order valence-electron chi connectivity index (χ1n) is 5.80. The minimum Gasteiger partial charge on any atom is -0.462 e. The van der Waals surface area contributed by atoms with Gasteiger partial charge >= 0.3 is 11.5 Å². The van der Waals surface area contributed by atoms with Gasteiger partial charge in [0.05, 0.1) is 18.2 Å². The van der Waals surface area contributed by atoms with Gasteiger partial charge in [-0.05, 0) is 42.8 Å². The van der Waals surface area contributed by atoms with Gasteiger partial charge in [-0.15, -0.1) is 0 Å². The Bertz CT molecular complexity index is 523. The van der Waals surface area contributed by atoms with Crippen LogP contribution in [0.4, 0.5) is 13.2 Å². The van der Waals surface area contributed by atoms with E-state index in [0.717, 1.165) is 6.07 Å². The number of hydrogen-bond donors (Lipinski definition) is 0. The lowest BCUT2D eigenvalue weighted by atomic mass is 10.0. The summed E-state index contributed by atoms with van der Waals surface area (Å²) in [4.78, 5) is 11.7. The summed E-state index contributed by atoms with van der Waals surface area (Å²) in [6.07, 6.45) is 0.472. The molecule has 0 aliphatic carbocycles. The van der Waals surface area contributed by atoms with Gasteiger partial charge in [0.2, 0.25) is 0 Å². The van der Waals surface area contributed by atoms with Crippen molar-refractivity contribution in [3.05, 3.63) is 29.3 Å². The summed E-state index contributed by atoms with van der Waals surface area (Å²) in [7, 11) is 0. The highest BCUT2D eigenvalue weighted by atomic mass is 32.2. The third kappa shape index (κ3) is 5.13. The molecule has 0 bridgehead atoms. The molecule has 0 N–H and O–H groups in total. The summed E-state index contributed by atoms with van der Waals surface area (Å²) in [5.41, 5.74) is -3.83. The number of hydrogen-bond acceptors (Lipinski definition) is 4. The maximum absolute atomic E-state index is 12.3. The number of carbonyl (C=O) groups is 1. The number of thioether (sulfide) groups is 1. The van der Waals surface area contributed by atoms with E-state index in [0.29, 0.717) is 12.0 Å². The minimum atomic E-state index is -4.42. The van der Waals surface area contributed by atoms with Crippen molar-refractivity contribution in [2.75, 3.05) is 6.61 Å². The molecule has 0 saturated carbocycles. The molecule has 1 aromatic rings. The van der Waals surface area contributed by atoms with Crippen molar-refractivity contribution in [1.29, 1.82) is 5.26 Å². The summed E-state index contributed by atoms with van der Waals surface area (Å²) in [6, 6.07) is 5.80. The second-order valence-electron chi connectivity index (χ2n) is 3.75. The Kier molecular flexibility index (Phi) is 5.89. The van der Waals surface area contributed by atoms with Crippen LogP contribution in [-0.4, -0.2) is 18.1 Å². The van der Waals surface area contributed by atoms with Gasteiger partial charge in [0.1, 0.15) is 0 Å². The number of ether oxygens (including phenoxy) is 1. The molecule has 0 aliphatic heterocycles. The maximum Gasteiger partial charge on any atom is 0.446 e. The van der Waals surface area contributed by atoms with Crippen molar-refractivity contribution in [3.63, 3.8) is 0 Å². The largest absolute Gasteiger partial charge is 0.462 e. The van der Waals surface area contributed by atoms with Crippen molar-refractivity contribution >= 4 is 17.7 Å². The van der Waals surface area contributed by atoms with E-state index in [1.807, 2.05) is 6.07 Å². The average Bonchev–Trinajstić information content (AvgIpc) is 2.35. The third-order valence-corrected chi connectivity index (χ3v) is 3.04. The summed E-state index contributed by atoms with van der Waals surface area (Å²) in [5, 5.41) is 8.55. The van der Waals surface area contributed by atoms with Crippen molar-refractivity contribution in [1.82, 2.24) is 0 Å². The van der Waals surface area contributed by atoms with Crippen molar-refractivity contribution in [2.45, 2.75) is 30.2 Å². The topological polar surface area (TPSA) is 50.1 Å². The molecule has 0 fully saturated rings. The predicted molar refractivity (Wildman–Crippen MR) is 68.2 cm³/mol. The second kappa shape index (κ2) is 7.20. The van der Waals surface area contributed by atoms with E-state index in [1.165, 1.54) is 12.1 Å². The first-order chi connectivity index (χ1) is 9.37. The molecule has 0 amide bonds. The lowest BCUT2D eigenvalue weighted by Gasteiger charge is -2.11. The Balaban J connectivity index is 3.08. The Morgan fingerprint density at radius 2 is 2.15 bits per heavy atom. The Labute approximate surface area is 118 Å². The number of halogens is 3. The molecule has 20 heavy (non-hydrogen) atoms. The van der Waals surface area contributed by atoms with Crippen LogP contribution < -0.4 is 0 Å². The molecule has 3 nitrogen and oxygen atoms in total. The Morgan fingerprint density at radius 3 is 2.70 bits per heavy atom.